The van der Waals surface area contributed by atoms with Gasteiger partial charge in [0.1, 0.15) is 0 Å². The van der Waals surface area contributed by atoms with Crippen molar-refractivity contribution in [1.29, 1.82) is 0 Å². The van der Waals surface area contributed by atoms with E-state index in [1.807, 2.05) is 30.5 Å². The molecular formula is C18H17ClN2O3S. The summed E-state index contributed by atoms with van der Waals surface area (Å²) < 4.78 is 4.37. The predicted molar refractivity (Wildman–Crippen MR) is 101 cm³/mol. The molecule has 2 aromatic carbocycles. The maximum Gasteiger partial charge on any atom is 0.398 e. The predicted octanol–water partition coefficient (Wildman–Crippen LogP) is 3.24. The van der Waals surface area contributed by atoms with Gasteiger partial charge in [0, 0.05) is 21.9 Å². The molecule has 2 rings (SSSR count). The van der Waals surface area contributed by atoms with Crippen molar-refractivity contribution in [2.45, 2.75) is 5.75 Å². The highest BCUT2D eigenvalue weighted by molar-refractivity contribution is 7.97. The second kappa shape index (κ2) is 9.25. The van der Waals surface area contributed by atoms with Crippen LogP contribution in [0.3, 0.4) is 0 Å². The van der Waals surface area contributed by atoms with Crippen LogP contribution in [-0.4, -0.2) is 31.0 Å². The Morgan fingerprint density at radius 3 is 2.16 bits per heavy atom. The largest absolute Gasteiger partial charge is 0.462 e. The third-order valence-electron chi connectivity index (χ3n) is 3.30. The molecule has 130 valence electrons. The van der Waals surface area contributed by atoms with Crippen molar-refractivity contribution >= 4 is 41.0 Å². The van der Waals surface area contributed by atoms with E-state index in [4.69, 9.17) is 11.6 Å². The normalized spacial score (nSPS) is 11.1. The SMILES string of the molecule is COC(=O)C(=O)NN=C(c1ccc(Cl)cc1)c1ccc(CSC)cc1. The lowest BCUT2D eigenvalue weighted by atomic mass is 10.0. The highest BCUT2D eigenvalue weighted by Crippen LogP contribution is 2.17. The fraction of sp³-hybridized carbons (Fsp3) is 0.167. The van der Waals surface area contributed by atoms with E-state index in [0.29, 0.717) is 10.7 Å². The van der Waals surface area contributed by atoms with E-state index in [1.54, 1.807) is 36.0 Å². The molecule has 0 spiro atoms. The van der Waals surface area contributed by atoms with Gasteiger partial charge in [-0.15, -0.1) is 0 Å². The first-order valence-electron chi connectivity index (χ1n) is 7.35. The van der Waals surface area contributed by atoms with Gasteiger partial charge in [-0.1, -0.05) is 48.0 Å². The molecule has 1 N–H and O–H groups in total. The van der Waals surface area contributed by atoms with E-state index in [2.05, 4.69) is 15.3 Å². The van der Waals surface area contributed by atoms with Gasteiger partial charge in [0.25, 0.3) is 0 Å². The van der Waals surface area contributed by atoms with Gasteiger partial charge in [-0.05, 0) is 24.0 Å². The zero-order valence-electron chi connectivity index (χ0n) is 13.8. The number of benzene rings is 2. The highest BCUT2D eigenvalue weighted by atomic mass is 35.5. The van der Waals surface area contributed by atoms with Gasteiger partial charge >= 0.3 is 11.9 Å². The topological polar surface area (TPSA) is 67.8 Å². The molecule has 0 bridgehead atoms. The van der Waals surface area contributed by atoms with E-state index in [9.17, 15) is 9.59 Å². The quantitative estimate of drug-likeness (QED) is 0.376. The van der Waals surface area contributed by atoms with Crippen molar-refractivity contribution < 1.29 is 14.3 Å². The van der Waals surface area contributed by atoms with E-state index in [-0.39, 0.29) is 0 Å². The zero-order valence-corrected chi connectivity index (χ0v) is 15.4. The fourth-order valence-electron chi connectivity index (χ4n) is 2.07. The molecule has 0 aliphatic carbocycles. The van der Waals surface area contributed by atoms with Crippen LogP contribution in [0.1, 0.15) is 16.7 Å². The van der Waals surface area contributed by atoms with Crippen LogP contribution in [0, 0.1) is 0 Å². The second-order valence-electron chi connectivity index (χ2n) is 5.03. The molecule has 5 nitrogen and oxygen atoms in total. The standard InChI is InChI=1S/C18H17ClN2O3S/c1-24-18(23)17(22)21-20-16(14-7-9-15(19)10-8-14)13-5-3-12(4-6-13)11-25-2/h3-10H,11H2,1-2H3,(H,21,22). The molecule has 7 heteroatoms. The average molecular weight is 377 g/mol. The Morgan fingerprint density at radius 2 is 1.64 bits per heavy atom. The monoisotopic (exact) mass is 376 g/mol. The molecule has 0 unspecified atom stereocenters. The first-order valence-corrected chi connectivity index (χ1v) is 9.12. The van der Waals surface area contributed by atoms with E-state index < -0.39 is 11.9 Å². The molecule has 0 saturated carbocycles. The first-order chi connectivity index (χ1) is 12.0. The minimum absolute atomic E-state index is 0.518. The number of rotatable bonds is 5. The Morgan fingerprint density at radius 1 is 1.08 bits per heavy atom. The number of carbonyl (C=O) groups is 2. The summed E-state index contributed by atoms with van der Waals surface area (Å²) in [6, 6.07) is 14.9. The Hall–Kier alpha value is -2.31. The van der Waals surface area contributed by atoms with Gasteiger partial charge < -0.3 is 4.74 Å². The molecule has 0 radical (unpaired) electrons. The Labute approximate surface area is 155 Å². The van der Waals surface area contributed by atoms with E-state index in [0.717, 1.165) is 24.0 Å². The summed E-state index contributed by atoms with van der Waals surface area (Å²) in [6.07, 6.45) is 2.04. The van der Waals surface area contributed by atoms with Gasteiger partial charge in [-0.3, -0.25) is 4.79 Å². The van der Waals surface area contributed by atoms with Crippen molar-refractivity contribution in [3.8, 4) is 0 Å². The Bertz CT molecular complexity index is 774. The maximum absolute atomic E-state index is 11.6. The third-order valence-corrected chi connectivity index (χ3v) is 4.17. The van der Waals surface area contributed by atoms with E-state index >= 15 is 0 Å². The summed E-state index contributed by atoms with van der Waals surface area (Å²) in [4.78, 5) is 22.9. The van der Waals surface area contributed by atoms with Crippen LogP contribution in [0.2, 0.25) is 5.02 Å². The van der Waals surface area contributed by atoms with Gasteiger partial charge in [0.2, 0.25) is 0 Å². The summed E-state index contributed by atoms with van der Waals surface area (Å²) >= 11 is 7.67. The number of carbonyl (C=O) groups excluding carboxylic acids is 2. The van der Waals surface area contributed by atoms with Gasteiger partial charge in [-0.25, -0.2) is 10.2 Å². The minimum Gasteiger partial charge on any atom is -0.462 e. The number of esters is 1. The van der Waals surface area contributed by atoms with Crippen LogP contribution in [-0.2, 0) is 20.1 Å². The third kappa shape index (κ3) is 5.34. The van der Waals surface area contributed by atoms with Crippen LogP contribution < -0.4 is 5.43 Å². The molecule has 0 saturated heterocycles. The van der Waals surface area contributed by atoms with Crippen molar-refractivity contribution in [2.75, 3.05) is 13.4 Å². The van der Waals surface area contributed by atoms with Crippen molar-refractivity contribution in [3.05, 3.63) is 70.2 Å². The number of halogens is 1. The molecule has 25 heavy (non-hydrogen) atoms. The lowest BCUT2D eigenvalue weighted by Gasteiger charge is -2.09. The minimum atomic E-state index is -1.01. The average Bonchev–Trinajstić information content (AvgIpc) is 2.64. The van der Waals surface area contributed by atoms with Gasteiger partial charge in [0.05, 0.1) is 12.8 Å². The summed E-state index contributed by atoms with van der Waals surface area (Å²) in [5.74, 6) is -1.03. The molecule has 0 atom stereocenters. The summed E-state index contributed by atoms with van der Waals surface area (Å²) in [5.41, 5.74) is 5.49. The van der Waals surface area contributed by atoms with Crippen LogP contribution in [0.15, 0.2) is 53.6 Å². The highest BCUT2D eigenvalue weighted by Gasteiger charge is 2.14. The summed E-state index contributed by atoms with van der Waals surface area (Å²) in [5, 5.41) is 4.70. The molecule has 0 fully saturated rings. The van der Waals surface area contributed by atoms with Crippen molar-refractivity contribution in [3.63, 3.8) is 0 Å². The van der Waals surface area contributed by atoms with Gasteiger partial charge in [0.15, 0.2) is 0 Å². The number of hydrogen-bond donors (Lipinski definition) is 1. The van der Waals surface area contributed by atoms with Crippen molar-refractivity contribution in [1.82, 2.24) is 5.43 Å². The summed E-state index contributed by atoms with van der Waals surface area (Å²) in [7, 11) is 1.14. The first kappa shape index (κ1) is 19.0. The number of nitrogens with one attached hydrogen (secondary N) is 1. The zero-order chi connectivity index (χ0) is 18.2. The number of thioether (sulfide) groups is 1. The molecule has 0 aromatic heterocycles. The molecule has 2 aromatic rings. The molecule has 1 amide bonds. The lowest BCUT2D eigenvalue weighted by Crippen LogP contribution is -2.29. The smallest absolute Gasteiger partial charge is 0.398 e. The summed E-state index contributed by atoms with van der Waals surface area (Å²) in [6.45, 7) is 0. The number of ether oxygens (including phenoxy) is 1. The van der Waals surface area contributed by atoms with Gasteiger partial charge in [-0.2, -0.15) is 16.9 Å². The molecular weight excluding hydrogens is 360 g/mol. The maximum atomic E-state index is 11.6. The Kier molecular flexibility index (Phi) is 7.03. The van der Waals surface area contributed by atoms with Crippen LogP contribution >= 0.6 is 23.4 Å². The number of amides is 1. The van der Waals surface area contributed by atoms with Crippen LogP contribution in [0.4, 0.5) is 0 Å². The number of nitrogens with zero attached hydrogens (tertiary/aromatic N) is 1. The number of hydrogen-bond acceptors (Lipinski definition) is 5. The number of hydrazone groups is 1. The fourth-order valence-corrected chi connectivity index (χ4v) is 2.73. The molecule has 0 aliphatic heterocycles. The second-order valence-corrected chi connectivity index (χ2v) is 6.33. The van der Waals surface area contributed by atoms with Crippen molar-refractivity contribution in [2.24, 2.45) is 5.10 Å². The molecule has 0 aliphatic rings. The van der Waals surface area contributed by atoms with Crippen LogP contribution in [0.25, 0.3) is 0 Å². The van der Waals surface area contributed by atoms with E-state index in [1.165, 1.54) is 5.56 Å². The van der Waals surface area contributed by atoms with Crippen LogP contribution in [0.5, 0.6) is 0 Å². The lowest BCUT2D eigenvalue weighted by molar-refractivity contribution is -0.152. The number of methoxy groups -OCH3 is 1. The molecule has 0 heterocycles. The Balaban J connectivity index is 2.36.